The standard InChI is InChI=1S/C19H19FN2O3/c1-13(19(25)14-6-3-2-4-7-14)21-17(23)10-11-18(24)22-16-9-5-8-15(20)12-16/h2-9,12-13H,10-11H2,1H3,(H,21,23)(H,22,24)/t13-/m0/s1. The van der Waals surface area contributed by atoms with Crippen molar-refractivity contribution in [2.75, 3.05) is 5.32 Å². The van der Waals surface area contributed by atoms with Gasteiger partial charge in [-0.15, -0.1) is 0 Å². The molecule has 2 aromatic rings. The van der Waals surface area contributed by atoms with E-state index in [0.29, 0.717) is 11.3 Å². The van der Waals surface area contributed by atoms with Crippen LogP contribution in [0.3, 0.4) is 0 Å². The van der Waals surface area contributed by atoms with Gasteiger partial charge in [0.2, 0.25) is 11.8 Å². The smallest absolute Gasteiger partial charge is 0.224 e. The number of carbonyl (C=O) groups excluding carboxylic acids is 3. The summed E-state index contributed by atoms with van der Waals surface area (Å²) in [6.07, 6.45) is -0.123. The van der Waals surface area contributed by atoms with Crippen molar-refractivity contribution in [3.63, 3.8) is 0 Å². The highest BCUT2D eigenvalue weighted by Gasteiger charge is 2.17. The number of hydrogen-bond acceptors (Lipinski definition) is 3. The number of Topliss-reactive ketones (excluding diaryl/α,β-unsaturated/α-hetero) is 1. The number of benzene rings is 2. The summed E-state index contributed by atoms with van der Waals surface area (Å²) in [4.78, 5) is 35.8. The van der Waals surface area contributed by atoms with Crippen molar-refractivity contribution in [1.29, 1.82) is 0 Å². The van der Waals surface area contributed by atoms with Crippen LogP contribution in [0.5, 0.6) is 0 Å². The molecule has 0 aliphatic heterocycles. The van der Waals surface area contributed by atoms with Gasteiger partial charge in [0.05, 0.1) is 6.04 Å². The van der Waals surface area contributed by atoms with E-state index in [9.17, 15) is 18.8 Å². The van der Waals surface area contributed by atoms with Crippen LogP contribution in [-0.4, -0.2) is 23.6 Å². The van der Waals surface area contributed by atoms with Crippen molar-refractivity contribution < 1.29 is 18.8 Å². The SMILES string of the molecule is C[C@H](NC(=O)CCC(=O)Nc1cccc(F)c1)C(=O)c1ccccc1. The van der Waals surface area contributed by atoms with Crippen molar-refractivity contribution in [2.45, 2.75) is 25.8 Å². The van der Waals surface area contributed by atoms with Crippen LogP contribution in [-0.2, 0) is 9.59 Å². The van der Waals surface area contributed by atoms with E-state index in [2.05, 4.69) is 10.6 Å². The summed E-state index contributed by atoms with van der Waals surface area (Å²) in [5.74, 6) is -1.45. The lowest BCUT2D eigenvalue weighted by Gasteiger charge is -2.13. The van der Waals surface area contributed by atoms with Crippen LogP contribution in [0.15, 0.2) is 54.6 Å². The molecule has 0 saturated heterocycles. The first kappa shape index (κ1) is 18.3. The third kappa shape index (κ3) is 5.84. The minimum atomic E-state index is -0.679. The molecule has 0 aliphatic rings. The first-order chi connectivity index (χ1) is 12.0. The summed E-state index contributed by atoms with van der Waals surface area (Å²) < 4.78 is 13.0. The number of halogens is 1. The van der Waals surface area contributed by atoms with Crippen molar-refractivity contribution in [2.24, 2.45) is 0 Å². The van der Waals surface area contributed by atoms with E-state index < -0.39 is 23.7 Å². The molecule has 0 aromatic heterocycles. The molecule has 2 N–H and O–H groups in total. The Labute approximate surface area is 145 Å². The second kappa shape index (κ2) is 8.73. The molecule has 2 amide bonds. The molecule has 0 bridgehead atoms. The van der Waals surface area contributed by atoms with Gasteiger partial charge in [0.25, 0.3) is 0 Å². The van der Waals surface area contributed by atoms with E-state index in [0.717, 1.165) is 0 Å². The summed E-state index contributed by atoms with van der Waals surface area (Å²) in [7, 11) is 0. The number of amides is 2. The largest absolute Gasteiger partial charge is 0.346 e. The molecule has 0 unspecified atom stereocenters. The number of nitrogens with one attached hydrogen (secondary N) is 2. The normalized spacial score (nSPS) is 11.4. The maximum atomic E-state index is 13.0. The fraction of sp³-hybridized carbons (Fsp3) is 0.211. The summed E-state index contributed by atoms with van der Waals surface area (Å²) in [5.41, 5.74) is 0.845. The minimum absolute atomic E-state index is 0.0609. The zero-order valence-electron chi connectivity index (χ0n) is 13.8. The fourth-order valence-electron chi connectivity index (χ4n) is 2.25. The van der Waals surface area contributed by atoms with E-state index >= 15 is 0 Å². The molecule has 1 atom stereocenters. The summed E-state index contributed by atoms with van der Waals surface area (Å²) >= 11 is 0. The van der Waals surface area contributed by atoms with Crippen LogP contribution < -0.4 is 10.6 Å². The molecule has 2 rings (SSSR count). The molecular formula is C19H19FN2O3. The molecular weight excluding hydrogens is 323 g/mol. The average molecular weight is 342 g/mol. The number of hydrogen-bond donors (Lipinski definition) is 2. The van der Waals surface area contributed by atoms with E-state index in [1.54, 1.807) is 43.3 Å². The van der Waals surface area contributed by atoms with Crippen molar-refractivity contribution >= 4 is 23.3 Å². The van der Waals surface area contributed by atoms with Crippen LogP contribution in [0.4, 0.5) is 10.1 Å². The lowest BCUT2D eigenvalue weighted by Crippen LogP contribution is -2.38. The van der Waals surface area contributed by atoms with E-state index in [4.69, 9.17) is 0 Å². The van der Waals surface area contributed by atoms with Crippen LogP contribution in [0.1, 0.15) is 30.1 Å². The van der Waals surface area contributed by atoms with Crippen LogP contribution in [0.25, 0.3) is 0 Å². The second-order valence-corrected chi connectivity index (χ2v) is 5.58. The number of ketones is 1. The molecule has 25 heavy (non-hydrogen) atoms. The summed E-state index contributed by atoms with van der Waals surface area (Å²) in [6.45, 7) is 1.60. The molecule has 0 heterocycles. The summed E-state index contributed by atoms with van der Waals surface area (Å²) in [6, 6.07) is 13.5. The number of carbonyl (C=O) groups is 3. The van der Waals surface area contributed by atoms with Gasteiger partial charge in [0, 0.05) is 24.1 Å². The van der Waals surface area contributed by atoms with Gasteiger partial charge in [-0.05, 0) is 25.1 Å². The third-order valence-electron chi connectivity index (χ3n) is 3.52. The predicted octanol–water partition coefficient (Wildman–Crippen LogP) is 2.93. The first-order valence-corrected chi connectivity index (χ1v) is 7.90. The molecule has 130 valence electrons. The Morgan fingerprint density at radius 1 is 0.960 bits per heavy atom. The Morgan fingerprint density at radius 2 is 1.64 bits per heavy atom. The second-order valence-electron chi connectivity index (χ2n) is 5.58. The lowest BCUT2D eigenvalue weighted by molar-refractivity contribution is -0.124. The van der Waals surface area contributed by atoms with Gasteiger partial charge in [-0.1, -0.05) is 36.4 Å². The van der Waals surface area contributed by atoms with E-state index in [1.165, 1.54) is 18.2 Å². The Hall–Kier alpha value is -3.02. The summed E-state index contributed by atoms with van der Waals surface area (Å²) in [5, 5.41) is 5.09. The monoisotopic (exact) mass is 342 g/mol. The minimum Gasteiger partial charge on any atom is -0.346 e. The van der Waals surface area contributed by atoms with Gasteiger partial charge in [0.15, 0.2) is 5.78 Å². The molecule has 0 spiro atoms. The van der Waals surface area contributed by atoms with Gasteiger partial charge in [0.1, 0.15) is 5.82 Å². The highest BCUT2D eigenvalue weighted by Crippen LogP contribution is 2.10. The number of anilines is 1. The van der Waals surface area contributed by atoms with Crippen LogP contribution in [0.2, 0.25) is 0 Å². The predicted molar refractivity (Wildman–Crippen MR) is 92.6 cm³/mol. The highest BCUT2D eigenvalue weighted by atomic mass is 19.1. The van der Waals surface area contributed by atoms with Crippen molar-refractivity contribution in [3.05, 3.63) is 66.0 Å². The molecule has 2 aromatic carbocycles. The van der Waals surface area contributed by atoms with E-state index in [-0.39, 0.29) is 18.6 Å². The Bertz CT molecular complexity index is 762. The Balaban J connectivity index is 1.78. The average Bonchev–Trinajstić information content (AvgIpc) is 2.60. The van der Waals surface area contributed by atoms with Gasteiger partial charge in [-0.3, -0.25) is 14.4 Å². The van der Waals surface area contributed by atoms with Gasteiger partial charge < -0.3 is 10.6 Å². The lowest BCUT2D eigenvalue weighted by atomic mass is 10.1. The molecule has 0 saturated carbocycles. The zero-order valence-corrected chi connectivity index (χ0v) is 13.8. The molecule has 0 aliphatic carbocycles. The van der Waals surface area contributed by atoms with Crippen LogP contribution in [0, 0.1) is 5.82 Å². The fourth-order valence-corrected chi connectivity index (χ4v) is 2.25. The molecule has 0 radical (unpaired) electrons. The zero-order chi connectivity index (χ0) is 18.2. The molecule has 6 heteroatoms. The highest BCUT2D eigenvalue weighted by molar-refractivity contribution is 6.02. The maximum absolute atomic E-state index is 13.0. The van der Waals surface area contributed by atoms with E-state index in [1.807, 2.05) is 0 Å². The third-order valence-corrected chi connectivity index (χ3v) is 3.52. The topological polar surface area (TPSA) is 75.3 Å². The Kier molecular flexibility index (Phi) is 6.39. The maximum Gasteiger partial charge on any atom is 0.224 e. The van der Waals surface area contributed by atoms with Gasteiger partial charge in [-0.25, -0.2) is 4.39 Å². The van der Waals surface area contributed by atoms with Gasteiger partial charge in [-0.2, -0.15) is 0 Å². The quantitative estimate of drug-likeness (QED) is 0.760. The van der Waals surface area contributed by atoms with Gasteiger partial charge >= 0.3 is 0 Å². The number of rotatable bonds is 7. The van der Waals surface area contributed by atoms with Crippen molar-refractivity contribution in [3.8, 4) is 0 Å². The first-order valence-electron chi connectivity index (χ1n) is 7.90. The van der Waals surface area contributed by atoms with Crippen LogP contribution >= 0.6 is 0 Å². The molecule has 5 nitrogen and oxygen atoms in total. The van der Waals surface area contributed by atoms with Crippen molar-refractivity contribution in [1.82, 2.24) is 5.32 Å². The molecule has 0 fully saturated rings. The Morgan fingerprint density at radius 3 is 2.32 bits per heavy atom.